The molecule has 0 radical (unpaired) electrons. The minimum atomic E-state index is -0.0258. The van der Waals surface area contributed by atoms with Crippen LogP contribution >= 0.6 is 0 Å². The number of carbonyl (C=O) groups excluding carboxylic acids is 2. The fourth-order valence-corrected chi connectivity index (χ4v) is 3.70. The van der Waals surface area contributed by atoms with Crippen LogP contribution in [0.4, 0.5) is 0 Å². The molecule has 3 heteroatoms. The molecule has 0 aliphatic heterocycles. The average Bonchev–Trinajstić information content (AvgIpc) is 2.68. The minimum absolute atomic E-state index is 0.00500. The van der Waals surface area contributed by atoms with Crippen molar-refractivity contribution in [2.75, 3.05) is 6.54 Å². The van der Waals surface area contributed by atoms with Gasteiger partial charge in [-0.3, -0.25) is 9.59 Å². The van der Waals surface area contributed by atoms with Crippen molar-refractivity contribution in [3.63, 3.8) is 0 Å². The molecule has 3 nitrogen and oxygen atoms in total. The number of ketones is 1. The molecule has 2 atom stereocenters. The van der Waals surface area contributed by atoms with Crippen LogP contribution in [0.3, 0.4) is 0 Å². The van der Waals surface area contributed by atoms with Crippen molar-refractivity contribution in [1.29, 1.82) is 0 Å². The Kier molecular flexibility index (Phi) is 6.21. The third kappa shape index (κ3) is 4.81. The fourth-order valence-electron chi connectivity index (χ4n) is 3.70. The van der Waals surface area contributed by atoms with E-state index in [1.54, 1.807) is 0 Å². The van der Waals surface area contributed by atoms with Gasteiger partial charge < -0.3 is 4.90 Å². The van der Waals surface area contributed by atoms with Gasteiger partial charge in [-0.25, -0.2) is 0 Å². The number of benzene rings is 2. The van der Waals surface area contributed by atoms with Gasteiger partial charge in [0.2, 0.25) is 5.91 Å². The van der Waals surface area contributed by atoms with Crippen molar-refractivity contribution < 1.29 is 9.59 Å². The second-order valence-corrected chi connectivity index (χ2v) is 7.32. The first kappa shape index (κ1) is 18.4. The highest BCUT2D eigenvalue weighted by Gasteiger charge is 2.32. The van der Waals surface area contributed by atoms with E-state index in [1.165, 1.54) is 5.56 Å². The SMILES string of the molecule is C[C@H]1C[C@@H](C(=O)N(CCc2ccccc2)Cc2ccccc2)CCC1=O. The molecule has 0 N–H and O–H groups in total. The summed E-state index contributed by atoms with van der Waals surface area (Å²) in [5, 5.41) is 0. The Labute approximate surface area is 156 Å². The summed E-state index contributed by atoms with van der Waals surface area (Å²) < 4.78 is 0. The molecule has 1 aliphatic carbocycles. The van der Waals surface area contributed by atoms with Crippen LogP contribution in [-0.4, -0.2) is 23.1 Å². The van der Waals surface area contributed by atoms with Crippen LogP contribution < -0.4 is 0 Å². The molecule has 1 aliphatic rings. The minimum Gasteiger partial charge on any atom is -0.338 e. The molecular formula is C23H27NO2. The molecule has 2 aromatic carbocycles. The van der Waals surface area contributed by atoms with E-state index in [0.717, 1.165) is 12.0 Å². The molecule has 1 fully saturated rings. The summed E-state index contributed by atoms with van der Waals surface area (Å²) in [7, 11) is 0. The van der Waals surface area contributed by atoms with Gasteiger partial charge >= 0.3 is 0 Å². The Morgan fingerprint density at radius 1 is 1.00 bits per heavy atom. The van der Waals surface area contributed by atoms with E-state index < -0.39 is 0 Å². The molecule has 1 saturated carbocycles. The largest absolute Gasteiger partial charge is 0.338 e. The van der Waals surface area contributed by atoms with Gasteiger partial charge in [-0.05, 0) is 30.4 Å². The number of hydrogen-bond acceptors (Lipinski definition) is 2. The molecule has 3 rings (SSSR count). The summed E-state index contributed by atoms with van der Waals surface area (Å²) in [4.78, 5) is 27.0. The zero-order chi connectivity index (χ0) is 18.4. The molecule has 26 heavy (non-hydrogen) atoms. The van der Waals surface area contributed by atoms with E-state index >= 15 is 0 Å². The number of nitrogens with zero attached hydrogens (tertiary/aromatic N) is 1. The smallest absolute Gasteiger partial charge is 0.226 e. The second kappa shape index (κ2) is 8.79. The average molecular weight is 349 g/mol. The monoisotopic (exact) mass is 349 g/mol. The fraction of sp³-hybridized carbons (Fsp3) is 0.391. The van der Waals surface area contributed by atoms with Gasteiger partial charge in [0.25, 0.3) is 0 Å². The van der Waals surface area contributed by atoms with Gasteiger partial charge in [0, 0.05) is 31.3 Å². The maximum atomic E-state index is 13.2. The maximum Gasteiger partial charge on any atom is 0.226 e. The zero-order valence-electron chi connectivity index (χ0n) is 15.4. The quantitative estimate of drug-likeness (QED) is 0.781. The molecule has 0 saturated heterocycles. The molecule has 1 amide bonds. The first-order valence-electron chi connectivity index (χ1n) is 9.53. The van der Waals surface area contributed by atoms with Crippen LogP contribution in [0.15, 0.2) is 60.7 Å². The highest BCUT2D eigenvalue weighted by Crippen LogP contribution is 2.28. The van der Waals surface area contributed by atoms with Gasteiger partial charge in [0.1, 0.15) is 5.78 Å². The predicted octanol–water partition coefficient (Wildman–Crippen LogP) is 4.26. The van der Waals surface area contributed by atoms with Crippen LogP contribution in [0.5, 0.6) is 0 Å². The van der Waals surface area contributed by atoms with Gasteiger partial charge in [-0.2, -0.15) is 0 Å². The first-order chi connectivity index (χ1) is 12.6. The maximum absolute atomic E-state index is 13.2. The van der Waals surface area contributed by atoms with Gasteiger partial charge in [0.15, 0.2) is 0 Å². The number of amides is 1. The third-order valence-corrected chi connectivity index (χ3v) is 5.32. The van der Waals surface area contributed by atoms with Crippen molar-refractivity contribution >= 4 is 11.7 Å². The summed E-state index contributed by atoms with van der Waals surface area (Å²) >= 11 is 0. The van der Waals surface area contributed by atoms with Gasteiger partial charge in [0.05, 0.1) is 0 Å². The molecule has 0 bridgehead atoms. The lowest BCUT2D eigenvalue weighted by atomic mass is 9.80. The molecule has 136 valence electrons. The molecule has 0 heterocycles. The molecule has 0 unspecified atom stereocenters. The second-order valence-electron chi connectivity index (χ2n) is 7.32. The van der Waals surface area contributed by atoms with Crippen molar-refractivity contribution in [2.45, 2.75) is 39.2 Å². The Bertz CT molecular complexity index is 726. The molecule has 0 aromatic heterocycles. The summed E-state index contributed by atoms with van der Waals surface area (Å²) in [6, 6.07) is 20.4. The number of hydrogen-bond donors (Lipinski definition) is 0. The Balaban J connectivity index is 1.71. The lowest BCUT2D eigenvalue weighted by Gasteiger charge is -2.31. The van der Waals surface area contributed by atoms with Gasteiger partial charge in [-0.15, -0.1) is 0 Å². The highest BCUT2D eigenvalue weighted by molar-refractivity contribution is 5.86. The normalized spacial score (nSPS) is 20.0. The molecular weight excluding hydrogens is 322 g/mol. The lowest BCUT2D eigenvalue weighted by molar-refractivity contribution is -0.139. The Morgan fingerprint density at radius 3 is 2.23 bits per heavy atom. The number of Topliss-reactive ketones (excluding diaryl/α,β-unsaturated/α-hetero) is 1. The van der Waals surface area contributed by atoms with Crippen molar-refractivity contribution in [3.8, 4) is 0 Å². The number of carbonyl (C=O) groups is 2. The summed E-state index contributed by atoms with van der Waals surface area (Å²) in [5.74, 6) is 0.477. The standard InChI is InChI=1S/C23H27NO2/c1-18-16-21(12-13-22(18)25)23(26)24(17-20-10-6-3-7-11-20)15-14-19-8-4-2-5-9-19/h2-11,18,21H,12-17H2,1H3/t18-,21-/m0/s1. The van der Waals surface area contributed by atoms with E-state index in [4.69, 9.17) is 0 Å². The summed E-state index contributed by atoms with van der Waals surface area (Å²) in [6.07, 6.45) is 2.77. The van der Waals surface area contributed by atoms with E-state index in [9.17, 15) is 9.59 Å². The Hall–Kier alpha value is -2.42. The van der Waals surface area contributed by atoms with Crippen molar-refractivity contribution in [3.05, 3.63) is 71.8 Å². The van der Waals surface area contributed by atoms with Crippen LogP contribution in [0, 0.1) is 11.8 Å². The van der Waals surface area contributed by atoms with E-state index in [2.05, 4.69) is 24.3 Å². The molecule has 0 spiro atoms. The van der Waals surface area contributed by atoms with Crippen LogP contribution in [0.2, 0.25) is 0 Å². The predicted molar refractivity (Wildman–Crippen MR) is 104 cm³/mol. The van der Waals surface area contributed by atoms with Gasteiger partial charge in [-0.1, -0.05) is 67.6 Å². The third-order valence-electron chi connectivity index (χ3n) is 5.32. The zero-order valence-corrected chi connectivity index (χ0v) is 15.4. The number of rotatable bonds is 6. The van der Waals surface area contributed by atoms with E-state index in [1.807, 2.05) is 48.2 Å². The topological polar surface area (TPSA) is 37.4 Å². The van der Waals surface area contributed by atoms with Crippen molar-refractivity contribution in [2.24, 2.45) is 11.8 Å². The van der Waals surface area contributed by atoms with Crippen molar-refractivity contribution in [1.82, 2.24) is 4.90 Å². The van der Waals surface area contributed by atoms with E-state index in [0.29, 0.717) is 38.1 Å². The molecule has 2 aromatic rings. The van der Waals surface area contributed by atoms with Crippen LogP contribution in [-0.2, 0) is 22.6 Å². The van der Waals surface area contributed by atoms with E-state index in [-0.39, 0.29) is 17.7 Å². The summed E-state index contributed by atoms with van der Waals surface area (Å²) in [5.41, 5.74) is 2.39. The Morgan fingerprint density at radius 2 is 1.62 bits per heavy atom. The van der Waals surface area contributed by atoms with Crippen LogP contribution in [0.1, 0.15) is 37.3 Å². The van der Waals surface area contributed by atoms with Crippen LogP contribution in [0.25, 0.3) is 0 Å². The summed E-state index contributed by atoms with van der Waals surface area (Å²) in [6.45, 7) is 3.29. The lowest BCUT2D eigenvalue weighted by Crippen LogP contribution is -2.40. The first-order valence-corrected chi connectivity index (χ1v) is 9.53. The highest BCUT2D eigenvalue weighted by atomic mass is 16.2.